The predicted octanol–water partition coefficient (Wildman–Crippen LogP) is 2.83. The standard InChI is InChI=1S/C20H32N4O/c1-13-7-6-8-14(2)17(13)11-21-10-16-9-19(25)23(4)20(16)18-12-22-24(5)15(18)3/h7,12,14,16-17,20-21H,6,8-11H2,1-5H3/t14-,16-,17-,20+/m0/s1. The molecule has 0 radical (unpaired) electrons. The number of aryl methyl sites for hydroxylation is 1. The number of nitrogens with zero attached hydrogens (tertiary/aromatic N) is 3. The van der Waals surface area contributed by atoms with Crippen LogP contribution in [0.2, 0.25) is 0 Å². The zero-order valence-electron chi connectivity index (χ0n) is 16.2. The van der Waals surface area contributed by atoms with Gasteiger partial charge in [-0.25, -0.2) is 0 Å². The zero-order chi connectivity index (χ0) is 18.1. The van der Waals surface area contributed by atoms with Crippen molar-refractivity contribution in [2.75, 3.05) is 20.1 Å². The fourth-order valence-corrected chi connectivity index (χ4v) is 4.57. The number of aromatic nitrogens is 2. The molecule has 1 aromatic rings. The Morgan fingerprint density at radius 2 is 2.04 bits per heavy atom. The average molecular weight is 345 g/mol. The first-order valence-corrected chi connectivity index (χ1v) is 9.51. The van der Waals surface area contributed by atoms with Crippen molar-refractivity contribution in [1.29, 1.82) is 0 Å². The van der Waals surface area contributed by atoms with Gasteiger partial charge in [0.1, 0.15) is 0 Å². The number of amides is 1. The Kier molecular flexibility index (Phi) is 5.32. The fraction of sp³-hybridized carbons (Fsp3) is 0.700. The molecule has 1 aliphatic heterocycles. The molecule has 3 rings (SSSR count). The Labute approximate surface area is 151 Å². The van der Waals surface area contributed by atoms with E-state index in [1.807, 2.05) is 29.9 Å². The Balaban J connectivity index is 1.66. The summed E-state index contributed by atoms with van der Waals surface area (Å²) in [5, 5.41) is 8.06. The second-order valence-electron chi connectivity index (χ2n) is 7.99. The van der Waals surface area contributed by atoms with Gasteiger partial charge in [-0.05, 0) is 38.5 Å². The van der Waals surface area contributed by atoms with Crippen molar-refractivity contribution in [3.8, 4) is 0 Å². The first-order valence-electron chi connectivity index (χ1n) is 9.51. The molecule has 0 spiro atoms. The maximum Gasteiger partial charge on any atom is 0.223 e. The number of carbonyl (C=O) groups is 1. The highest BCUT2D eigenvalue weighted by Crippen LogP contribution is 2.38. The lowest BCUT2D eigenvalue weighted by atomic mass is 9.80. The molecule has 5 heteroatoms. The summed E-state index contributed by atoms with van der Waals surface area (Å²) in [6.07, 6.45) is 7.44. The SMILES string of the molecule is CC1=CCC[C@H](C)[C@H]1CNC[C@@H]1CC(=O)N(C)[C@H]1c1cnn(C)c1C. The first-order chi connectivity index (χ1) is 11.9. The number of rotatable bonds is 5. The smallest absolute Gasteiger partial charge is 0.223 e. The highest BCUT2D eigenvalue weighted by molar-refractivity contribution is 5.79. The topological polar surface area (TPSA) is 50.2 Å². The van der Waals surface area contributed by atoms with E-state index < -0.39 is 0 Å². The van der Waals surface area contributed by atoms with Crippen LogP contribution in [0.1, 0.15) is 50.4 Å². The quantitative estimate of drug-likeness (QED) is 0.836. The van der Waals surface area contributed by atoms with Gasteiger partial charge in [-0.3, -0.25) is 9.48 Å². The molecule has 4 atom stereocenters. The molecule has 0 unspecified atom stereocenters. The van der Waals surface area contributed by atoms with E-state index in [0.717, 1.165) is 24.7 Å². The molecule has 1 N–H and O–H groups in total. The van der Waals surface area contributed by atoms with E-state index in [1.54, 1.807) is 0 Å². The Morgan fingerprint density at radius 1 is 1.28 bits per heavy atom. The summed E-state index contributed by atoms with van der Waals surface area (Å²) >= 11 is 0. The highest BCUT2D eigenvalue weighted by Gasteiger charge is 2.39. The summed E-state index contributed by atoms with van der Waals surface area (Å²) in [6, 6.07) is 0.133. The van der Waals surface area contributed by atoms with Crippen LogP contribution in [0.3, 0.4) is 0 Å². The van der Waals surface area contributed by atoms with Gasteiger partial charge in [0.15, 0.2) is 0 Å². The third-order valence-corrected chi connectivity index (χ3v) is 6.42. The molecule has 0 aromatic carbocycles. The molecule has 1 amide bonds. The highest BCUT2D eigenvalue weighted by atomic mass is 16.2. The largest absolute Gasteiger partial charge is 0.338 e. The number of hydrogen-bond acceptors (Lipinski definition) is 3. The summed E-state index contributed by atoms with van der Waals surface area (Å²) in [5.74, 6) is 1.91. The minimum absolute atomic E-state index is 0.133. The lowest BCUT2D eigenvalue weighted by molar-refractivity contribution is -0.127. The van der Waals surface area contributed by atoms with E-state index in [4.69, 9.17) is 0 Å². The molecule has 25 heavy (non-hydrogen) atoms. The molecule has 2 aliphatic rings. The summed E-state index contributed by atoms with van der Waals surface area (Å²) in [7, 11) is 3.89. The molecule has 1 aliphatic carbocycles. The van der Waals surface area contributed by atoms with Gasteiger partial charge in [0.2, 0.25) is 5.91 Å². The van der Waals surface area contributed by atoms with Crippen LogP contribution in [0.25, 0.3) is 0 Å². The van der Waals surface area contributed by atoms with Crippen molar-refractivity contribution in [2.45, 2.75) is 46.1 Å². The van der Waals surface area contributed by atoms with Crippen LogP contribution in [0, 0.1) is 24.7 Å². The maximum absolute atomic E-state index is 12.3. The van der Waals surface area contributed by atoms with Gasteiger partial charge in [0.05, 0.1) is 12.2 Å². The van der Waals surface area contributed by atoms with Crippen LogP contribution in [-0.4, -0.2) is 40.7 Å². The molecule has 1 saturated heterocycles. The van der Waals surface area contributed by atoms with Crippen molar-refractivity contribution in [3.05, 3.63) is 29.1 Å². The lowest BCUT2D eigenvalue weighted by Crippen LogP contribution is -2.34. The molecule has 138 valence electrons. The van der Waals surface area contributed by atoms with Crippen molar-refractivity contribution in [2.24, 2.45) is 24.8 Å². The normalized spacial score (nSPS) is 30.0. The third kappa shape index (κ3) is 3.52. The van der Waals surface area contributed by atoms with E-state index in [0.29, 0.717) is 18.3 Å². The maximum atomic E-state index is 12.3. The number of likely N-dealkylation sites (tertiary alicyclic amines) is 1. The van der Waals surface area contributed by atoms with Crippen molar-refractivity contribution >= 4 is 5.91 Å². The van der Waals surface area contributed by atoms with Gasteiger partial charge in [-0.2, -0.15) is 5.10 Å². The van der Waals surface area contributed by atoms with E-state index >= 15 is 0 Å². The summed E-state index contributed by atoms with van der Waals surface area (Å²) in [6.45, 7) is 8.59. The van der Waals surface area contributed by atoms with Gasteiger partial charge in [0, 0.05) is 50.8 Å². The molecule has 1 aromatic heterocycles. The zero-order valence-corrected chi connectivity index (χ0v) is 16.2. The van der Waals surface area contributed by atoms with E-state index in [9.17, 15) is 4.79 Å². The van der Waals surface area contributed by atoms with Crippen LogP contribution in [0.15, 0.2) is 17.8 Å². The van der Waals surface area contributed by atoms with Crippen LogP contribution < -0.4 is 5.32 Å². The molecular weight excluding hydrogens is 312 g/mol. The molecule has 1 fully saturated rings. The lowest BCUT2D eigenvalue weighted by Gasteiger charge is -2.30. The molecule has 2 heterocycles. The summed E-state index contributed by atoms with van der Waals surface area (Å²) in [5.41, 5.74) is 3.85. The number of hydrogen-bond donors (Lipinski definition) is 1. The molecule has 0 saturated carbocycles. The van der Waals surface area contributed by atoms with Gasteiger partial charge in [0.25, 0.3) is 0 Å². The first kappa shape index (κ1) is 18.2. The Morgan fingerprint density at radius 3 is 2.68 bits per heavy atom. The second kappa shape index (κ2) is 7.32. The third-order valence-electron chi connectivity index (χ3n) is 6.42. The minimum Gasteiger partial charge on any atom is -0.338 e. The summed E-state index contributed by atoms with van der Waals surface area (Å²) < 4.78 is 1.90. The fourth-order valence-electron chi connectivity index (χ4n) is 4.57. The van der Waals surface area contributed by atoms with E-state index in [-0.39, 0.29) is 11.9 Å². The van der Waals surface area contributed by atoms with E-state index in [1.165, 1.54) is 24.0 Å². The van der Waals surface area contributed by atoms with Crippen LogP contribution in [-0.2, 0) is 11.8 Å². The van der Waals surface area contributed by atoms with Gasteiger partial charge >= 0.3 is 0 Å². The van der Waals surface area contributed by atoms with Crippen LogP contribution >= 0.6 is 0 Å². The Bertz CT molecular complexity index is 663. The van der Waals surface area contributed by atoms with Crippen LogP contribution in [0.5, 0.6) is 0 Å². The van der Waals surface area contributed by atoms with Crippen molar-refractivity contribution in [1.82, 2.24) is 20.0 Å². The number of carbonyl (C=O) groups excluding carboxylic acids is 1. The predicted molar refractivity (Wildman–Crippen MR) is 100 cm³/mol. The molecule has 5 nitrogen and oxygen atoms in total. The van der Waals surface area contributed by atoms with Crippen molar-refractivity contribution < 1.29 is 4.79 Å². The van der Waals surface area contributed by atoms with E-state index in [2.05, 4.69) is 37.3 Å². The number of nitrogens with one attached hydrogen (secondary N) is 1. The van der Waals surface area contributed by atoms with Crippen LogP contribution in [0.4, 0.5) is 0 Å². The van der Waals surface area contributed by atoms with Gasteiger partial charge < -0.3 is 10.2 Å². The average Bonchev–Trinajstić information content (AvgIpc) is 3.03. The summed E-state index contributed by atoms with van der Waals surface area (Å²) in [4.78, 5) is 14.2. The Hall–Kier alpha value is -1.62. The second-order valence-corrected chi connectivity index (χ2v) is 7.99. The minimum atomic E-state index is 0.133. The van der Waals surface area contributed by atoms with Gasteiger partial charge in [-0.15, -0.1) is 0 Å². The molecular formula is C20H32N4O. The molecule has 0 bridgehead atoms. The van der Waals surface area contributed by atoms with Gasteiger partial charge in [-0.1, -0.05) is 18.6 Å². The number of allylic oxidation sites excluding steroid dienone is 1. The monoisotopic (exact) mass is 344 g/mol. The van der Waals surface area contributed by atoms with Crippen molar-refractivity contribution in [3.63, 3.8) is 0 Å².